The van der Waals surface area contributed by atoms with Gasteiger partial charge in [-0.15, -0.1) is 5.06 Å². The van der Waals surface area contributed by atoms with Crippen molar-refractivity contribution < 1.29 is 19.1 Å². The smallest absolute Gasteiger partial charge is 0.325 e. The molecule has 0 aromatic heterocycles. The van der Waals surface area contributed by atoms with E-state index in [0.29, 0.717) is 13.0 Å². The van der Waals surface area contributed by atoms with Gasteiger partial charge in [-0.05, 0) is 92.4 Å². The number of ether oxygens (including phenoxy) is 2. The summed E-state index contributed by atoms with van der Waals surface area (Å²) < 4.78 is 12.3. The molecule has 1 aliphatic heterocycles. The zero-order valence-corrected chi connectivity index (χ0v) is 36.7. The summed E-state index contributed by atoms with van der Waals surface area (Å²) in [6, 6.07) is 0. The van der Waals surface area contributed by atoms with Gasteiger partial charge in [0.25, 0.3) is 0 Å². The first kappa shape index (κ1) is 49.4. The predicted octanol–water partition coefficient (Wildman–Crippen LogP) is 14.9. The van der Waals surface area contributed by atoms with Crippen LogP contribution in [0, 0.1) is 5.92 Å². The Balaban J connectivity index is 1.91. The molecule has 5 nitrogen and oxygen atoms in total. The first-order valence-corrected chi connectivity index (χ1v) is 23.2. The Morgan fingerprint density at radius 1 is 0.596 bits per heavy atom. The van der Waals surface area contributed by atoms with Gasteiger partial charge in [-0.2, -0.15) is 0 Å². The normalized spacial score (nSPS) is 16.7. The Kier molecular flexibility index (Phi) is 29.0. The molecule has 0 spiro atoms. The van der Waals surface area contributed by atoms with E-state index in [1.165, 1.54) is 161 Å². The molecule has 1 rings (SSSR count). The summed E-state index contributed by atoms with van der Waals surface area (Å²) in [5.41, 5.74) is -0.358. The summed E-state index contributed by atoms with van der Waals surface area (Å²) in [6.45, 7) is 20.2. The van der Waals surface area contributed by atoms with Crippen LogP contribution in [0.15, 0.2) is 0 Å². The molecule has 0 amide bonds. The van der Waals surface area contributed by atoms with E-state index >= 15 is 0 Å². The summed E-state index contributed by atoms with van der Waals surface area (Å²) in [5.74, 6) is 0.764. The highest BCUT2D eigenvalue weighted by Gasteiger charge is 2.44. The molecular weight excluding hydrogens is 643 g/mol. The second kappa shape index (κ2) is 30.6. The fourth-order valence-corrected chi connectivity index (χ4v) is 8.34. The molecule has 1 aliphatic rings. The van der Waals surface area contributed by atoms with Crippen LogP contribution < -0.4 is 0 Å². The first-order valence-electron chi connectivity index (χ1n) is 23.2. The molecule has 0 aromatic rings. The molecule has 1 heterocycles. The van der Waals surface area contributed by atoms with Crippen molar-refractivity contribution in [3.8, 4) is 0 Å². The second-order valence-corrected chi connectivity index (χ2v) is 18.6. The zero-order valence-electron chi connectivity index (χ0n) is 36.7. The van der Waals surface area contributed by atoms with Crippen LogP contribution in [0.3, 0.4) is 0 Å². The van der Waals surface area contributed by atoms with Crippen molar-refractivity contribution in [1.82, 2.24) is 5.06 Å². The van der Waals surface area contributed by atoms with Gasteiger partial charge in [0.2, 0.25) is 0 Å². The fraction of sp³-hybridized carbons (Fsp3) is 0.979. The third kappa shape index (κ3) is 26.2. The van der Waals surface area contributed by atoms with E-state index in [0.717, 1.165) is 51.2 Å². The highest BCUT2D eigenvalue weighted by atomic mass is 16.7. The number of rotatable bonds is 36. The maximum absolute atomic E-state index is 12.6. The van der Waals surface area contributed by atoms with Crippen molar-refractivity contribution in [3.05, 3.63) is 0 Å². The molecule has 0 N–H and O–H groups in total. The van der Waals surface area contributed by atoms with Gasteiger partial charge in [-0.1, -0.05) is 162 Å². The lowest BCUT2D eigenvalue weighted by Gasteiger charge is -2.50. The minimum Gasteiger partial charge on any atom is -0.378 e. The third-order valence-corrected chi connectivity index (χ3v) is 11.8. The van der Waals surface area contributed by atoms with E-state index in [2.05, 4.69) is 55.4 Å². The third-order valence-electron chi connectivity index (χ3n) is 11.8. The predicted molar refractivity (Wildman–Crippen MR) is 225 cm³/mol. The monoisotopic (exact) mass is 736 g/mol. The van der Waals surface area contributed by atoms with E-state index in [1.807, 2.05) is 5.06 Å². The average molecular weight is 736 g/mol. The Bertz CT molecular complexity index is 808. The van der Waals surface area contributed by atoms with Crippen LogP contribution in [-0.2, 0) is 19.1 Å². The van der Waals surface area contributed by atoms with Crippen molar-refractivity contribution in [2.45, 2.75) is 271 Å². The van der Waals surface area contributed by atoms with Crippen LogP contribution in [0.1, 0.15) is 254 Å². The van der Waals surface area contributed by atoms with Crippen molar-refractivity contribution in [2.24, 2.45) is 5.92 Å². The number of hydrogen-bond acceptors (Lipinski definition) is 5. The largest absolute Gasteiger partial charge is 0.378 e. The molecule has 1 fully saturated rings. The molecule has 1 unspecified atom stereocenters. The van der Waals surface area contributed by atoms with Gasteiger partial charge in [-0.3, -0.25) is 4.79 Å². The van der Waals surface area contributed by atoms with Gasteiger partial charge in [0.1, 0.15) is 0 Å². The number of hydroxylamine groups is 2. The molecule has 1 atom stereocenters. The lowest BCUT2D eigenvalue weighted by atomic mass is 9.82. The van der Waals surface area contributed by atoms with Crippen LogP contribution in [0.5, 0.6) is 0 Å². The lowest BCUT2D eigenvalue weighted by molar-refractivity contribution is -0.265. The summed E-state index contributed by atoms with van der Waals surface area (Å²) in [6.07, 6.45) is 39.9. The number of carbonyl (C=O) groups is 1. The molecule has 0 aromatic carbocycles. The number of nitrogens with zero attached hydrogens (tertiary/aromatic N) is 1. The molecule has 0 bridgehead atoms. The molecule has 310 valence electrons. The van der Waals surface area contributed by atoms with E-state index in [4.69, 9.17) is 14.3 Å². The van der Waals surface area contributed by atoms with Gasteiger partial charge in [0.05, 0.1) is 23.3 Å². The van der Waals surface area contributed by atoms with Gasteiger partial charge in [0, 0.05) is 19.6 Å². The molecule has 52 heavy (non-hydrogen) atoms. The standard InChI is InChI=1S/C47H93NO4/c1-9-11-12-13-14-15-16-17-18-19-20-21-22-26-29-32-41-51-47(7,8)42-50-40-33-36-43(10-2)35-30-27-24-23-25-28-31-37-44(49)52-48-45(3,4)38-34-39-46(48,5)6/h43H,9-42H2,1-8H3. The quantitative estimate of drug-likeness (QED) is 0.0600. The Morgan fingerprint density at radius 2 is 1.04 bits per heavy atom. The highest BCUT2D eigenvalue weighted by Crippen LogP contribution is 2.38. The van der Waals surface area contributed by atoms with Gasteiger partial charge in [-0.25, -0.2) is 0 Å². The number of carbonyl (C=O) groups excluding carboxylic acids is 1. The lowest BCUT2D eigenvalue weighted by Crippen LogP contribution is -2.58. The van der Waals surface area contributed by atoms with Crippen molar-refractivity contribution in [3.63, 3.8) is 0 Å². The summed E-state index contributed by atoms with van der Waals surface area (Å²) in [5, 5.41) is 1.99. The maximum atomic E-state index is 12.6. The van der Waals surface area contributed by atoms with E-state index in [9.17, 15) is 4.79 Å². The maximum Gasteiger partial charge on any atom is 0.325 e. The molecule has 1 saturated heterocycles. The van der Waals surface area contributed by atoms with E-state index < -0.39 is 0 Å². The van der Waals surface area contributed by atoms with Crippen molar-refractivity contribution in [1.29, 1.82) is 0 Å². The van der Waals surface area contributed by atoms with Crippen LogP contribution in [-0.4, -0.2) is 47.5 Å². The topological polar surface area (TPSA) is 48.0 Å². The Hall–Kier alpha value is -0.650. The molecule has 0 radical (unpaired) electrons. The first-order chi connectivity index (χ1) is 24.9. The minimum atomic E-state index is -0.190. The Morgan fingerprint density at radius 3 is 1.54 bits per heavy atom. The molecule has 0 aliphatic carbocycles. The van der Waals surface area contributed by atoms with Crippen LogP contribution in [0.4, 0.5) is 0 Å². The average Bonchev–Trinajstić information content (AvgIpc) is 3.09. The van der Waals surface area contributed by atoms with Crippen molar-refractivity contribution in [2.75, 3.05) is 19.8 Å². The van der Waals surface area contributed by atoms with E-state index in [1.54, 1.807) is 0 Å². The fourth-order valence-electron chi connectivity index (χ4n) is 8.34. The SMILES string of the molecule is CCCCCCCCCCCCCCCCCCOC(C)(C)COCCCC(CC)CCCCCCCCCC(=O)ON1C(C)(C)CCCC1(C)C. The van der Waals surface area contributed by atoms with Gasteiger partial charge >= 0.3 is 5.97 Å². The van der Waals surface area contributed by atoms with Crippen LogP contribution in [0.2, 0.25) is 0 Å². The second-order valence-electron chi connectivity index (χ2n) is 18.6. The summed E-state index contributed by atoms with van der Waals surface area (Å²) in [7, 11) is 0. The Labute approximate surface area is 326 Å². The van der Waals surface area contributed by atoms with Crippen molar-refractivity contribution >= 4 is 5.97 Å². The van der Waals surface area contributed by atoms with Gasteiger partial charge < -0.3 is 14.3 Å². The number of unbranched alkanes of at least 4 members (excludes halogenated alkanes) is 21. The number of piperidine rings is 1. The van der Waals surface area contributed by atoms with Crippen LogP contribution in [0.25, 0.3) is 0 Å². The minimum absolute atomic E-state index is 0.0585. The van der Waals surface area contributed by atoms with E-state index in [-0.39, 0.29) is 22.6 Å². The molecular formula is C47H93NO4. The molecule has 0 saturated carbocycles. The molecule has 5 heteroatoms. The van der Waals surface area contributed by atoms with Gasteiger partial charge in [0.15, 0.2) is 0 Å². The summed E-state index contributed by atoms with van der Waals surface area (Å²) in [4.78, 5) is 18.5. The summed E-state index contributed by atoms with van der Waals surface area (Å²) >= 11 is 0. The zero-order chi connectivity index (χ0) is 38.4. The van der Waals surface area contributed by atoms with Crippen LogP contribution >= 0.6 is 0 Å². The number of hydrogen-bond donors (Lipinski definition) is 0. The highest BCUT2D eigenvalue weighted by molar-refractivity contribution is 5.69.